The number of piperidine rings is 1. The normalized spacial score (nSPS) is 15.7. The summed E-state index contributed by atoms with van der Waals surface area (Å²) in [5.74, 6) is 0.238. The smallest absolute Gasteiger partial charge is 0.341 e. The summed E-state index contributed by atoms with van der Waals surface area (Å²) in [4.78, 5) is 34.5. The van der Waals surface area contributed by atoms with Crippen LogP contribution in [-0.4, -0.2) is 43.4 Å². The highest BCUT2D eigenvalue weighted by Gasteiger charge is 2.24. The molecule has 0 spiro atoms. The van der Waals surface area contributed by atoms with Crippen molar-refractivity contribution in [2.45, 2.75) is 25.3 Å². The summed E-state index contributed by atoms with van der Waals surface area (Å²) in [6, 6.07) is 15.1. The number of para-hydroxylation sites is 2. The molecular formula is C23H22N4O3. The van der Waals surface area contributed by atoms with Gasteiger partial charge in [-0.3, -0.25) is 14.1 Å². The van der Waals surface area contributed by atoms with Gasteiger partial charge in [-0.25, -0.2) is 9.78 Å². The predicted octanol–water partition coefficient (Wildman–Crippen LogP) is 3.25. The van der Waals surface area contributed by atoms with Crippen LogP contribution >= 0.6 is 0 Å². The van der Waals surface area contributed by atoms with E-state index >= 15 is 0 Å². The fourth-order valence-electron chi connectivity index (χ4n) is 4.37. The van der Waals surface area contributed by atoms with E-state index in [9.17, 15) is 14.7 Å². The highest BCUT2D eigenvalue weighted by atomic mass is 16.4. The number of carbonyl (C=O) groups is 1. The molecule has 4 heterocycles. The first-order chi connectivity index (χ1) is 14.6. The molecule has 0 radical (unpaired) electrons. The molecule has 7 nitrogen and oxygen atoms in total. The lowest BCUT2D eigenvalue weighted by Crippen LogP contribution is -2.33. The van der Waals surface area contributed by atoms with Gasteiger partial charge in [-0.05, 0) is 61.8 Å². The quantitative estimate of drug-likeness (QED) is 0.547. The lowest BCUT2D eigenvalue weighted by atomic mass is 9.95. The number of carboxylic acids is 1. The van der Waals surface area contributed by atoms with Gasteiger partial charge in [0.2, 0.25) is 0 Å². The molecule has 1 aromatic carbocycles. The van der Waals surface area contributed by atoms with Crippen molar-refractivity contribution in [3.63, 3.8) is 0 Å². The van der Waals surface area contributed by atoms with E-state index in [4.69, 9.17) is 4.98 Å². The van der Waals surface area contributed by atoms with Crippen LogP contribution in [0.25, 0.3) is 16.6 Å². The van der Waals surface area contributed by atoms with Crippen molar-refractivity contribution in [3.05, 3.63) is 82.0 Å². The molecule has 0 bridgehead atoms. The third kappa shape index (κ3) is 3.27. The minimum absolute atomic E-state index is 0.189. The van der Waals surface area contributed by atoms with Crippen LogP contribution in [0, 0.1) is 0 Å². The van der Waals surface area contributed by atoms with Gasteiger partial charge in [-0.1, -0.05) is 18.2 Å². The zero-order valence-electron chi connectivity index (χ0n) is 16.4. The summed E-state index contributed by atoms with van der Waals surface area (Å²) in [7, 11) is 0. The molecule has 152 valence electrons. The number of hydrogen-bond donors (Lipinski definition) is 2. The maximum Gasteiger partial charge on any atom is 0.341 e. The number of aromatic amines is 1. The van der Waals surface area contributed by atoms with Gasteiger partial charge in [0.15, 0.2) is 0 Å². The molecule has 0 aliphatic carbocycles. The standard InChI is InChI=1S/C23H22N4O3/c28-22-17(23(29)30)13-16(20-7-3-4-10-27(20)22)14-26-11-8-15(9-12-26)21-24-18-5-1-2-6-19(18)25-21/h1-7,10,13,15H,8-9,11-12,14H2,(H,24,25)(H,29,30). The number of nitrogens with zero attached hydrogens (tertiary/aromatic N) is 3. The van der Waals surface area contributed by atoms with E-state index in [0.29, 0.717) is 12.5 Å². The Bertz CT molecular complexity index is 1270. The number of aromatic carboxylic acids is 1. The van der Waals surface area contributed by atoms with E-state index in [1.165, 1.54) is 10.5 Å². The number of aromatic nitrogens is 3. The molecule has 2 N–H and O–H groups in total. The Labute approximate surface area is 172 Å². The molecule has 5 rings (SSSR count). The average molecular weight is 402 g/mol. The maximum absolute atomic E-state index is 12.4. The lowest BCUT2D eigenvalue weighted by molar-refractivity contribution is 0.0694. The van der Waals surface area contributed by atoms with Crippen LogP contribution in [0.5, 0.6) is 0 Å². The SMILES string of the molecule is O=C(O)c1cc(CN2CCC(c3nc4ccccc4[nH]3)CC2)c2ccccn2c1=O. The van der Waals surface area contributed by atoms with Crippen molar-refractivity contribution < 1.29 is 9.90 Å². The number of rotatable bonds is 4. The van der Waals surface area contributed by atoms with Crippen LogP contribution in [-0.2, 0) is 6.54 Å². The van der Waals surface area contributed by atoms with Crippen LogP contribution in [0.4, 0.5) is 0 Å². The second-order valence-electron chi connectivity index (χ2n) is 7.84. The molecular weight excluding hydrogens is 380 g/mol. The van der Waals surface area contributed by atoms with Gasteiger partial charge < -0.3 is 10.1 Å². The molecule has 4 aromatic rings. The number of carboxylic acid groups (broad SMARTS) is 1. The lowest BCUT2D eigenvalue weighted by Gasteiger charge is -2.31. The Balaban J connectivity index is 1.36. The van der Waals surface area contributed by atoms with E-state index in [1.54, 1.807) is 12.3 Å². The van der Waals surface area contributed by atoms with Crippen LogP contribution < -0.4 is 5.56 Å². The summed E-state index contributed by atoms with van der Waals surface area (Å²) in [5, 5.41) is 9.44. The molecule has 1 fully saturated rings. The molecule has 3 aromatic heterocycles. The van der Waals surface area contributed by atoms with Crippen LogP contribution in [0.15, 0.2) is 59.5 Å². The third-order valence-electron chi connectivity index (χ3n) is 5.96. The van der Waals surface area contributed by atoms with E-state index in [-0.39, 0.29) is 5.56 Å². The number of hydrogen-bond acceptors (Lipinski definition) is 4. The molecule has 7 heteroatoms. The van der Waals surface area contributed by atoms with Gasteiger partial charge >= 0.3 is 5.97 Å². The number of benzene rings is 1. The number of likely N-dealkylation sites (tertiary alicyclic amines) is 1. The molecule has 1 aliphatic rings. The Morgan fingerprint density at radius 2 is 1.90 bits per heavy atom. The number of fused-ring (bicyclic) bond motifs is 2. The van der Waals surface area contributed by atoms with E-state index in [0.717, 1.165) is 53.9 Å². The Morgan fingerprint density at radius 1 is 1.13 bits per heavy atom. The Kier molecular flexibility index (Phi) is 4.59. The van der Waals surface area contributed by atoms with Crippen LogP contribution in [0.3, 0.4) is 0 Å². The van der Waals surface area contributed by atoms with E-state index in [1.807, 2.05) is 36.4 Å². The molecule has 0 saturated carbocycles. The largest absolute Gasteiger partial charge is 0.477 e. The second kappa shape index (κ2) is 7.42. The fraction of sp³-hybridized carbons (Fsp3) is 0.261. The van der Waals surface area contributed by atoms with Crippen molar-refractivity contribution in [3.8, 4) is 0 Å². The first-order valence-electron chi connectivity index (χ1n) is 10.1. The highest BCUT2D eigenvalue weighted by molar-refractivity contribution is 5.88. The first kappa shape index (κ1) is 18.6. The third-order valence-corrected chi connectivity index (χ3v) is 5.96. The topological polar surface area (TPSA) is 90.7 Å². The zero-order valence-corrected chi connectivity index (χ0v) is 16.4. The van der Waals surface area contributed by atoms with E-state index in [2.05, 4.69) is 9.88 Å². The minimum atomic E-state index is -1.19. The molecule has 0 atom stereocenters. The molecule has 0 amide bonds. The minimum Gasteiger partial charge on any atom is -0.477 e. The van der Waals surface area contributed by atoms with Gasteiger partial charge in [0.1, 0.15) is 11.4 Å². The first-order valence-corrected chi connectivity index (χ1v) is 10.1. The average Bonchev–Trinajstić information content (AvgIpc) is 3.20. The van der Waals surface area contributed by atoms with Crippen molar-refractivity contribution >= 4 is 22.5 Å². The summed E-state index contributed by atoms with van der Waals surface area (Å²) < 4.78 is 1.43. The van der Waals surface area contributed by atoms with Crippen LogP contribution in [0.1, 0.15) is 40.5 Å². The summed E-state index contributed by atoms with van der Waals surface area (Å²) in [6.45, 7) is 2.39. The van der Waals surface area contributed by atoms with Crippen molar-refractivity contribution in [2.75, 3.05) is 13.1 Å². The molecule has 1 saturated heterocycles. The maximum atomic E-state index is 12.4. The van der Waals surface area contributed by atoms with Crippen molar-refractivity contribution in [2.24, 2.45) is 0 Å². The van der Waals surface area contributed by atoms with Gasteiger partial charge in [-0.15, -0.1) is 0 Å². The predicted molar refractivity (Wildman–Crippen MR) is 114 cm³/mol. The van der Waals surface area contributed by atoms with Gasteiger partial charge in [0.25, 0.3) is 5.56 Å². The Morgan fingerprint density at radius 3 is 2.67 bits per heavy atom. The van der Waals surface area contributed by atoms with Gasteiger partial charge in [-0.2, -0.15) is 0 Å². The highest BCUT2D eigenvalue weighted by Crippen LogP contribution is 2.28. The number of imidazole rings is 1. The van der Waals surface area contributed by atoms with Gasteiger partial charge in [0.05, 0.1) is 16.6 Å². The molecule has 30 heavy (non-hydrogen) atoms. The van der Waals surface area contributed by atoms with Crippen molar-refractivity contribution in [1.82, 2.24) is 19.3 Å². The zero-order chi connectivity index (χ0) is 20.7. The molecule has 1 aliphatic heterocycles. The summed E-state index contributed by atoms with van der Waals surface area (Å²) in [5.41, 5.74) is 2.99. The second-order valence-corrected chi connectivity index (χ2v) is 7.84. The number of nitrogens with one attached hydrogen (secondary N) is 1. The van der Waals surface area contributed by atoms with Gasteiger partial charge in [0, 0.05) is 18.7 Å². The summed E-state index contributed by atoms with van der Waals surface area (Å²) >= 11 is 0. The molecule has 0 unspecified atom stereocenters. The van der Waals surface area contributed by atoms with Crippen LogP contribution in [0.2, 0.25) is 0 Å². The number of pyridine rings is 2. The van der Waals surface area contributed by atoms with Crippen molar-refractivity contribution in [1.29, 1.82) is 0 Å². The monoisotopic (exact) mass is 402 g/mol. The summed E-state index contributed by atoms with van der Waals surface area (Å²) in [6.07, 6.45) is 3.59. The fourth-order valence-corrected chi connectivity index (χ4v) is 4.37. The van der Waals surface area contributed by atoms with E-state index < -0.39 is 11.5 Å². The Hall–Kier alpha value is -3.45. The number of H-pyrrole nitrogens is 1.